The van der Waals surface area contributed by atoms with Gasteiger partial charge in [-0.3, -0.25) is 4.79 Å². The van der Waals surface area contributed by atoms with Gasteiger partial charge in [-0.15, -0.1) is 0 Å². The number of hydrogen-bond acceptors (Lipinski definition) is 7. The number of benzene rings is 1. The van der Waals surface area contributed by atoms with E-state index in [1.165, 1.54) is 23.9 Å². The first-order valence-electron chi connectivity index (χ1n) is 10.6. The number of rotatable bonds is 9. The maximum atomic E-state index is 13.6. The lowest BCUT2D eigenvalue weighted by molar-refractivity contribution is 0.103. The quantitative estimate of drug-likeness (QED) is 0.381. The van der Waals surface area contributed by atoms with E-state index in [0.29, 0.717) is 29.7 Å². The molecule has 0 atom stereocenters. The van der Waals surface area contributed by atoms with Gasteiger partial charge < -0.3 is 4.18 Å². The Bertz CT molecular complexity index is 1330. The molecule has 0 aliphatic rings. The van der Waals surface area contributed by atoms with Gasteiger partial charge >= 0.3 is 10.1 Å². The van der Waals surface area contributed by atoms with E-state index in [1.54, 1.807) is 13.8 Å². The predicted molar refractivity (Wildman–Crippen MR) is 129 cm³/mol. The van der Waals surface area contributed by atoms with Crippen LogP contribution in [0.15, 0.2) is 22.6 Å². The molecule has 0 N–H and O–H groups in total. The van der Waals surface area contributed by atoms with E-state index in [2.05, 4.69) is 5.10 Å². The molecular weight excluding hydrogens is 464 g/mol. The normalized spacial score (nSPS) is 12.0. The number of aromatic nitrogens is 2. The summed E-state index contributed by atoms with van der Waals surface area (Å²) in [6, 6.07) is 2.87. The van der Waals surface area contributed by atoms with Gasteiger partial charge in [0.05, 0.1) is 16.3 Å². The van der Waals surface area contributed by atoms with E-state index < -0.39 is 25.7 Å². The molecule has 33 heavy (non-hydrogen) atoms. The number of ketones is 1. The zero-order valence-corrected chi connectivity index (χ0v) is 22.1. The number of hydrogen-bond donors (Lipinski definition) is 0. The summed E-state index contributed by atoms with van der Waals surface area (Å²) in [5.74, 6) is -0.810. The van der Waals surface area contributed by atoms with Gasteiger partial charge in [-0.25, -0.2) is 13.1 Å². The summed E-state index contributed by atoms with van der Waals surface area (Å²) in [7, 11) is -5.96. The van der Waals surface area contributed by atoms with Crippen LogP contribution in [0.4, 0.5) is 0 Å². The summed E-state index contributed by atoms with van der Waals surface area (Å²) >= 11 is 0. The van der Waals surface area contributed by atoms with Crippen LogP contribution in [0.1, 0.15) is 73.3 Å². The summed E-state index contributed by atoms with van der Waals surface area (Å²) in [6.07, 6.45) is 2.24. The molecule has 0 bridgehead atoms. The second-order valence-corrected chi connectivity index (χ2v) is 12.1. The minimum Gasteiger partial charge on any atom is -0.361 e. The van der Waals surface area contributed by atoms with Gasteiger partial charge in [-0.2, -0.15) is 13.5 Å². The molecule has 0 amide bonds. The molecule has 0 aliphatic carbocycles. The molecular formula is C23H32N2O6S2. The molecule has 2 aromatic rings. The van der Waals surface area contributed by atoms with Gasteiger partial charge in [0.25, 0.3) is 0 Å². The van der Waals surface area contributed by atoms with Crippen molar-refractivity contribution in [2.24, 2.45) is 7.05 Å². The number of carbonyl (C=O) groups excluding carboxylic acids is 1. The van der Waals surface area contributed by atoms with Crippen molar-refractivity contribution in [1.29, 1.82) is 0 Å². The number of carbonyl (C=O) groups is 1. The average molecular weight is 497 g/mol. The fourth-order valence-electron chi connectivity index (χ4n) is 3.57. The first kappa shape index (κ1) is 26.8. The van der Waals surface area contributed by atoms with E-state index in [1.807, 2.05) is 27.7 Å². The smallest absolute Gasteiger partial charge is 0.310 e. The Morgan fingerprint density at radius 2 is 1.67 bits per heavy atom. The van der Waals surface area contributed by atoms with Crippen molar-refractivity contribution in [2.45, 2.75) is 59.3 Å². The minimum absolute atomic E-state index is 0.0357. The Morgan fingerprint density at radius 3 is 2.18 bits per heavy atom. The third-order valence-electron chi connectivity index (χ3n) is 5.55. The highest BCUT2D eigenvalue weighted by atomic mass is 32.2. The summed E-state index contributed by atoms with van der Waals surface area (Å²) in [5, 5.41) is 4.20. The summed E-state index contributed by atoms with van der Waals surface area (Å²) < 4.78 is 56.3. The van der Waals surface area contributed by atoms with Crippen LogP contribution >= 0.6 is 0 Å². The van der Waals surface area contributed by atoms with Gasteiger partial charge in [0, 0.05) is 18.9 Å². The SMILES string of the molecule is CCCCS(=O)(=O)Oc1c(C(=O)c2ccc(S(C)(=O)=O)c(C(C)=C(C)C)c2C)c(C)nn1C. The number of allylic oxidation sites excluding steroid dienone is 2. The number of unbranched alkanes of at least 4 members (excludes halogenated alkanes) is 1. The monoisotopic (exact) mass is 496 g/mol. The Morgan fingerprint density at radius 1 is 1.06 bits per heavy atom. The van der Waals surface area contributed by atoms with Crippen molar-refractivity contribution in [3.63, 3.8) is 0 Å². The van der Waals surface area contributed by atoms with Crippen LogP contribution in [0.3, 0.4) is 0 Å². The molecule has 0 fully saturated rings. The molecule has 8 nitrogen and oxygen atoms in total. The highest BCUT2D eigenvalue weighted by Gasteiger charge is 2.29. The first-order chi connectivity index (χ1) is 15.1. The van der Waals surface area contributed by atoms with E-state index in [-0.39, 0.29) is 27.7 Å². The van der Waals surface area contributed by atoms with Crippen molar-refractivity contribution in [3.05, 3.63) is 45.7 Å². The second kappa shape index (κ2) is 9.80. The number of nitrogens with zero attached hydrogens (tertiary/aromatic N) is 2. The molecule has 0 unspecified atom stereocenters. The predicted octanol–water partition coefficient (Wildman–Crippen LogP) is 3.99. The molecule has 1 heterocycles. The highest BCUT2D eigenvalue weighted by Crippen LogP contribution is 2.34. The van der Waals surface area contributed by atoms with Crippen LogP contribution in [-0.4, -0.2) is 44.4 Å². The van der Waals surface area contributed by atoms with Crippen molar-refractivity contribution >= 4 is 31.3 Å². The lowest BCUT2D eigenvalue weighted by atomic mass is 9.91. The standard InChI is InChI=1S/C23H32N2O6S2/c1-9-10-13-33(29,30)31-23-21(17(6)24-25(23)7)22(26)18-11-12-19(32(8,27)28)20(16(18)5)15(4)14(2)3/h11-12H,9-10,13H2,1-8H3. The average Bonchev–Trinajstić information content (AvgIpc) is 2.96. The zero-order valence-electron chi connectivity index (χ0n) is 20.4. The van der Waals surface area contributed by atoms with E-state index in [4.69, 9.17) is 4.18 Å². The highest BCUT2D eigenvalue weighted by molar-refractivity contribution is 7.90. The lowest BCUT2D eigenvalue weighted by Gasteiger charge is -2.17. The Labute approximate surface area is 196 Å². The first-order valence-corrected chi connectivity index (χ1v) is 14.1. The molecule has 1 aromatic heterocycles. The van der Waals surface area contributed by atoms with Crippen LogP contribution in [0.25, 0.3) is 5.57 Å². The molecule has 2 rings (SSSR count). The van der Waals surface area contributed by atoms with Crippen LogP contribution in [-0.2, 0) is 27.0 Å². The Balaban J connectivity index is 2.74. The van der Waals surface area contributed by atoms with Crippen molar-refractivity contribution in [3.8, 4) is 5.88 Å². The van der Waals surface area contributed by atoms with Crippen LogP contribution in [0.5, 0.6) is 5.88 Å². The number of aryl methyl sites for hydroxylation is 2. The van der Waals surface area contributed by atoms with Gasteiger partial charge in [-0.1, -0.05) is 18.9 Å². The minimum atomic E-state index is -3.91. The van der Waals surface area contributed by atoms with Gasteiger partial charge in [0.2, 0.25) is 11.7 Å². The lowest BCUT2D eigenvalue weighted by Crippen LogP contribution is -2.18. The third kappa shape index (κ3) is 5.73. The second-order valence-electron chi connectivity index (χ2n) is 8.43. The van der Waals surface area contributed by atoms with Crippen molar-refractivity contribution in [1.82, 2.24) is 9.78 Å². The molecule has 10 heteroatoms. The molecule has 0 saturated heterocycles. The van der Waals surface area contributed by atoms with Gasteiger partial charge in [-0.05, 0) is 69.9 Å². The fraction of sp³-hybridized carbons (Fsp3) is 0.478. The van der Waals surface area contributed by atoms with E-state index in [9.17, 15) is 21.6 Å². The van der Waals surface area contributed by atoms with E-state index in [0.717, 1.165) is 17.4 Å². The van der Waals surface area contributed by atoms with Crippen molar-refractivity contribution in [2.75, 3.05) is 12.0 Å². The maximum Gasteiger partial charge on any atom is 0.310 e. The molecule has 1 aromatic carbocycles. The molecule has 0 radical (unpaired) electrons. The molecule has 182 valence electrons. The van der Waals surface area contributed by atoms with Gasteiger partial charge in [0.15, 0.2) is 9.84 Å². The largest absolute Gasteiger partial charge is 0.361 e. The number of sulfone groups is 1. The summed E-state index contributed by atoms with van der Waals surface area (Å²) in [5.41, 5.74) is 3.24. The topological polar surface area (TPSA) is 112 Å². The van der Waals surface area contributed by atoms with E-state index >= 15 is 0 Å². The van der Waals surface area contributed by atoms with Crippen LogP contribution < -0.4 is 4.18 Å². The molecule has 0 spiro atoms. The van der Waals surface area contributed by atoms with Crippen LogP contribution in [0, 0.1) is 13.8 Å². The van der Waals surface area contributed by atoms with Crippen LogP contribution in [0.2, 0.25) is 0 Å². The maximum absolute atomic E-state index is 13.6. The molecule has 0 aliphatic heterocycles. The summed E-state index contributed by atoms with van der Waals surface area (Å²) in [6.45, 7) is 10.7. The third-order valence-corrected chi connectivity index (χ3v) is 7.89. The Kier molecular flexibility index (Phi) is 7.96. The zero-order chi connectivity index (χ0) is 25.3. The van der Waals surface area contributed by atoms with Crippen molar-refractivity contribution < 1.29 is 25.8 Å². The Hall–Kier alpha value is -2.46. The fourth-order valence-corrected chi connectivity index (χ4v) is 5.72. The molecule has 0 saturated carbocycles. The summed E-state index contributed by atoms with van der Waals surface area (Å²) in [4.78, 5) is 13.8. The van der Waals surface area contributed by atoms with Gasteiger partial charge in [0.1, 0.15) is 5.56 Å².